The van der Waals surface area contributed by atoms with Crippen molar-refractivity contribution < 1.29 is 0 Å². The van der Waals surface area contributed by atoms with Crippen LogP contribution in [0.25, 0.3) is 0 Å². The molecule has 118 valence electrons. The third-order valence-electron chi connectivity index (χ3n) is 4.98. The highest BCUT2D eigenvalue weighted by Crippen LogP contribution is 2.37. The van der Waals surface area contributed by atoms with E-state index in [9.17, 15) is 0 Å². The second-order valence-corrected chi connectivity index (χ2v) is 6.75. The van der Waals surface area contributed by atoms with Gasteiger partial charge in [-0.3, -0.25) is 0 Å². The minimum absolute atomic E-state index is 0.715. The number of aromatic nitrogens is 2. The molecule has 1 aromatic heterocycles. The monoisotopic (exact) mass is 288 g/mol. The van der Waals surface area contributed by atoms with Crippen molar-refractivity contribution in [2.75, 3.05) is 0 Å². The van der Waals surface area contributed by atoms with E-state index in [1.54, 1.807) is 0 Å². The van der Waals surface area contributed by atoms with E-state index in [1.807, 2.05) is 0 Å². The van der Waals surface area contributed by atoms with Crippen molar-refractivity contribution in [3.8, 4) is 0 Å². The van der Waals surface area contributed by atoms with E-state index in [0.29, 0.717) is 5.92 Å². The minimum Gasteiger partial charge on any atom is -0.241 e. The maximum atomic E-state index is 4.52. The largest absolute Gasteiger partial charge is 0.241 e. The first kappa shape index (κ1) is 16.5. The summed E-state index contributed by atoms with van der Waals surface area (Å²) in [7, 11) is 0. The van der Waals surface area contributed by atoms with Crippen LogP contribution in [0.3, 0.4) is 0 Å². The van der Waals surface area contributed by atoms with Crippen molar-refractivity contribution in [3.05, 3.63) is 23.8 Å². The molecule has 0 N–H and O–H groups in total. The number of rotatable bonds is 8. The van der Waals surface area contributed by atoms with E-state index in [-0.39, 0.29) is 0 Å². The summed E-state index contributed by atoms with van der Waals surface area (Å²) in [5.74, 6) is 2.71. The van der Waals surface area contributed by atoms with Gasteiger partial charge in [-0.1, -0.05) is 46.0 Å². The van der Waals surface area contributed by atoms with Gasteiger partial charge in [0.05, 0.1) is 0 Å². The van der Waals surface area contributed by atoms with Crippen LogP contribution in [0.15, 0.2) is 12.4 Å². The summed E-state index contributed by atoms with van der Waals surface area (Å²) in [4.78, 5) is 9.04. The molecule has 1 fully saturated rings. The van der Waals surface area contributed by atoms with Crippen LogP contribution in [-0.4, -0.2) is 9.97 Å². The zero-order valence-electron chi connectivity index (χ0n) is 14.0. The lowest BCUT2D eigenvalue weighted by atomic mass is 9.77. The Labute approximate surface area is 130 Å². The number of aryl methyl sites for hydroxylation is 1. The molecule has 1 aliphatic carbocycles. The lowest BCUT2D eigenvalue weighted by molar-refractivity contribution is 0.301. The molecule has 0 atom stereocenters. The van der Waals surface area contributed by atoms with Gasteiger partial charge in [-0.15, -0.1) is 0 Å². The summed E-state index contributed by atoms with van der Waals surface area (Å²) in [5.41, 5.74) is 1.37. The number of unbranched alkanes of at least 4 members (excludes halogenated alkanes) is 3. The molecule has 2 rings (SSSR count). The molecule has 0 aliphatic heterocycles. The van der Waals surface area contributed by atoms with Crippen LogP contribution in [0.5, 0.6) is 0 Å². The Bertz CT molecular complexity index is 377. The normalized spacial score (nSPS) is 22.4. The van der Waals surface area contributed by atoms with Gasteiger partial charge in [-0.2, -0.15) is 0 Å². The Kier molecular flexibility index (Phi) is 7.18. The second kappa shape index (κ2) is 9.17. The number of hydrogen-bond donors (Lipinski definition) is 0. The van der Waals surface area contributed by atoms with Crippen LogP contribution >= 0.6 is 0 Å². The molecule has 1 aliphatic rings. The van der Waals surface area contributed by atoms with Gasteiger partial charge in [0.1, 0.15) is 5.82 Å². The Hall–Kier alpha value is -0.920. The molecule has 1 heterocycles. The highest BCUT2D eigenvalue weighted by molar-refractivity contribution is 5.12. The smallest absolute Gasteiger partial charge is 0.128 e. The van der Waals surface area contributed by atoms with E-state index in [4.69, 9.17) is 0 Å². The fourth-order valence-corrected chi connectivity index (χ4v) is 3.57. The van der Waals surface area contributed by atoms with Crippen LogP contribution in [-0.2, 0) is 6.42 Å². The van der Waals surface area contributed by atoms with Gasteiger partial charge in [0, 0.05) is 18.8 Å². The molecule has 2 heteroatoms. The molecule has 2 nitrogen and oxygen atoms in total. The third kappa shape index (κ3) is 5.41. The van der Waals surface area contributed by atoms with Gasteiger partial charge in [0.2, 0.25) is 0 Å². The molecule has 0 bridgehead atoms. The predicted octanol–water partition coefficient (Wildman–Crippen LogP) is 5.67. The van der Waals surface area contributed by atoms with Crippen molar-refractivity contribution in [2.45, 2.75) is 90.4 Å². The summed E-state index contributed by atoms with van der Waals surface area (Å²) in [5, 5.41) is 0. The Balaban J connectivity index is 1.73. The Morgan fingerprint density at radius 2 is 1.62 bits per heavy atom. The lowest BCUT2D eigenvalue weighted by Gasteiger charge is -2.28. The Morgan fingerprint density at radius 1 is 0.905 bits per heavy atom. The van der Waals surface area contributed by atoms with Gasteiger partial charge in [0.15, 0.2) is 0 Å². The molecule has 21 heavy (non-hydrogen) atoms. The van der Waals surface area contributed by atoms with Crippen molar-refractivity contribution in [1.29, 1.82) is 0 Å². The van der Waals surface area contributed by atoms with Crippen LogP contribution in [0.2, 0.25) is 0 Å². The van der Waals surface area contributed by atoms with Crippen molar-refractivity contribution in [3.63, 3.8) is 0 Å². The quantitative estimate of drug-likeness (QED) is 0.576. The van der Waals surface area contributed by atoms with Gasteiger partial charge in [-0.25, -0.2) is 9.97 Å². The Morgan fingerprint density at radius 3 is 2.24 bits per heavy atom. The van der Waals surface area contributed by atoms with E-state index >= 15 is 0 Å². The number of hydrogen-bond acceptors (Lipinski definition) is 2. The molecule has 0 amide bonds. The van der Waals surface area contributed by atoms with E-state index in [0.717, 1.165) is 24.6 Å². The molecule has 1 aromatic rings. The van der Waals surface area contributed by atoms with Crippen molar-refractivity contribution in [1.82, 2.24) is 9.97 Å². The zero-order chi connectivity index (χ0) is 14.9. The fourth-order valence-electron chi connectivity index (χ4n) is 3.57. The van der Waals surface area contributed by atoms with Crippen LogP contribution in [0.1, 0.15) is 95.4 Å². The van der Waals surface area contributed by atoms with Gasteiger partial charge < -0.3 is 0 Å². The summed E-state index contributed by atoms with van der Waals surface area (Å²) in [6.07, 6.45) is 18.9. The molecule has 0 radical (unpaired) electrons. The summed E-state index contributed by atoms with van der Waals surface area (Å²) < 4.78 is 0. The molecular weight excluding hydrogens is 256 g/mol. The van der Waals surface area contributed by atoms with E-state index < -0.39 is 0 Å². The van der Waals surface area contributed by atoms with Crippen molar-refractivity contribution >= 4 is 0 Å². The van der Waals surface area contributed by atoms with E-state index in [2.05, 4.69) is 36.2 Å². The van der Waals surface area contributed by atoms with Gasteiger partial charge in [0.25, 0.3) is 0 Å². The van der Waals surface area contributed by atoms with Gasteiger partial charge in [-0.05, 0) is 49.5 Å². The molecule has 0 saturated heterocycles. The van der Waals surface area contributed by atoms with Gasteiger partial charge >= 0.3 is 0 Å². The topological polar surface area (TPSA) is 25.8 Å². The first-order valence-corrected chi connectivity index (χ1v) is 9.14. The predicted molar refractivity (Wildman–Crippen MR) is 89.5 cm³/mol. The maximum absolute atomic E-state index is 4.52. The molecule has 0 unspecified atom stereocenters. The summed E-state index contributed by atoms with van der Waals surface area (Å²) >= 11 is 0. The molecule has 1 saturated carbocycles. The first-order valence-electron chi connectivity index (χ1n) is 9.14. The van der Waals surface area contributed by atoms with E-state index in [1.165, 1.54) is 63.4 Å². The molecule has 0 aromatic carbocycles. The minimum atomic E-state index is 0.715. The summed E-state index contributed by atoms with van der Waals surface area (Å²) in [6, 6.07) is 0. The average molecular weight is 288 g/mol. The number of nitrogens with zero attached hydrogens (tertiary/aromatic N) is 2. The third-order valence-corrected chi connectivity index (χ3v) is 4.98. The summed E-state index contributed by atoms with van der Waals surface area (Å²) in [6.45, 7) is 4.47. The molecule has 0 spiro atoms. The fraction of sp³-hybridized carbons (Fsp3) is 0.789. The maximum Gasteiger partial charge on any atom is 0.128 e. The highest BCUT2D eigenvalue weighted by Gasteiger charge is 2.22. The highest BCUT2D eigenvalue weighted by atomic mass is 14.9. The van der Waals surface area contributed by atoms with Crippen LogP contribution < -0.4 is 0 Å². The van der Waals surface area contributed by atoms with Crippen LogP contribution in [0, 0.1) is 5.92 Å². The van der Waals surface area contributed by atoms with Crippen LogP contribution in [0.4, 0.5) is 0 Å². The SMILES string of the molecule is CCCCCC[C@H]1CC[C@H](c2cnc(CCC)nc2)CC1. The first-order chi connectivity index (χ1) is 10.3. The zero-order valence-corrected chi connectivity index (χ0v) is 14.0. The lowest BCUT2D eigenvalue weighted by Crippen LogP contribution is -2.14. The van der Waals surface area contributed by atoms with Crippen molar-refractivity contribution in [2.24, 2.45) is 5.92 Å². The standard InChI is InChI=1S/C19H32N2/c1-3-5-6-7-9-16-10-12-17(13-11-16)18-14-20-19(8-4-2)21-15-18/h14-17H,3-13H2,1-2H3/t16-,17-. The average Bonchev–Trinajstić information content (AvgIpc) is 2.53. The molecular formula is C19H32N2. The second-order valence-electron chi connectivity index (χ2n) is 6.75.